The van der Waals surface area contributed by atoms with Gasteiger partial charge in [0, 0.05) is 19.2 Å². The smallest absolute Gasteiger partial charge is 0.0276 e. The third-order valence-corrected chi connectivity index (χ3v) is 1.57. The van der Waals surface area contributed by atoms with Crippen LogP contribution in [0, 0.1) is 0 Å². The molecule has 10 heavy (non-hydrogen) atoms. The molecule has 54 valence electrons. The molecule has 0 amide bonds. The SMILES string of the molecule is CN=C(C)C/C=C\C1=CC1. The quantitative estimate of drug-likeness (QED) is 0.527. The van der Waals surface area contributed by atoms with E-state index in [9.17, 15) is 0 Å². The van der Waals surface area contributed by atoms with Gasteiger partial charge in [0.1, 0.15) is 0 Å². The maximum atomic E-state index is 4.05. The minimum Gasteiger partial charge on any atom is -0.297 e. The molecule has 1 rings (SSSR count). The normalized spacial score (nSPS) is 17.8. The van der Waals surface area contributed by atoms with E-state index in [2.05, 4.69) is 23.2 Å². The van der Waals surface area contributed by atoms with Crippen molar-refractivity contribution in [3.05, 3.63) is 23.8 Å². The maximum Gasteiger partial charge on any atom is 0.0276 e. The van der Waals surface area contributed by atoms with E-state index in [1.54, 1.807) is 0 Å². The van der Waals surface area contributed by atoms with Gasteiger partial charge >= 0.3 is 0 Å². The molecule has 0 aromatic carbocycles. The molecule has 1 aliphatic rings. The van der Waals surface area contributed by atoms with Crippen LogP contribution < -0.4 is 0 Å². The fourth-order valence-corrected chi connectivity index (χ4v) is 0.667. The molecule has 0 heterocycles. The van der Waals surface area contributed by atoms with E-state index in [0.717, 1.165) is 6.42 Å². The largest absolute Gasteiger partial charge is 0.297 e. The van der Waals surface area contributed by atoms with Crippen LogP contribution in [0.4, 0.5) is 0 Å². The second-order valence-electron chi connectivity index (χ2n) is 2.55. The summed E-state index contributed by atoms with van der Waals surface area (Å²) in [7, 11) is 1.83. The molecule has 0 spiro atoms. The number of hydrogen-bond acceptors (Lipinski definition) is 1. The van der Waals surface area contributed by atoms with E-state index in [-0.39, 0.29) is 0 Å². The third-order valence-electron chi connectivity index (χ3n) is 1.57. The lowest BCUT2D eigenvalue weighted by Crippen LogP contribution is -1.85. The van der Waals surface area contributed by atoms with E-state index >= 15 is 0 Å². The molecule has 0 saturated heterocycles. The Morgan fingerprint density at radius 1 is 1.80 bits per heavy atom. The van der Waals surface area contributed by atoms with Crippen molar-refractivity contribution in [1.29, 1.82) is 0 Å². The molecule has 0 atom stereocenters. The molecule has 0 saturated carbocycles. The molecule has 0 N–H and O–H groups in total. The molecule has 0 unspecified atom stereocenters. The van der Waals surface area contributed by atoms with Gasteiger partial charge in [-0.15, -0.1) is 0 Å². The zero-order chi connectivity index (χ0) is 7.40. The van der Waals surface area contributed by atoms with E-state index in [1.165, 1.54) is 17.7 Å². The topological polar surface area (TPSA) is 12.4 Å². The van der Waals surface area contributed by atoms with Crippen LogP contribution in [0.5, 0.6) is 0 Å². The van der Waals surface area contributed by atoms with Gasteiger partial charge in [-0.25, -0.2) is 0 Å². The summed E-state index contributed by atoms with van der Waals surface area (Å²) in [4.78, 5) is 4.05. The van der Waals surface area contributed by atoms with Gasteiger partial charge in [0.05, 0.1) is 0 Å². The van der Waals surface area contributed by atoms with Crippen molar-refractivity contribution in [3.63, 3.8) is 0 Å². The van der Waals surface area contributed by atoms with Gasteiger partial charge in [0.2, 0.25) is 0 Å². The van der Waals surface area contributed by atoms with Gasteiger partial charge in [0.25, 0.3) is 0 Å². The second-order valence-corrected chi connectivity index (χ2v) is 2.55. The average Bonchev–Trinajstić information content (AvgIpc) is 2.71. The van der Waals surface area contributed by atoms with Gasteiger partial charge in [-0.2, -0.15) is 0 Å². The summed E-state index contributed by atoms with van der Waals surface area (Å²) in [5, 5.41) is 0. The Bertz CT molecular complexity index is 197. The summed E-state index contributed by atoms with van der Waals surface area (Å²) in [6.45, 7) is 2.05. The van der Waals surface area contributed by atoms with Gasteiger partial charge in [-0.3, -0.25) is 4.99 Å². The summed E-state index contributed by atoms with van der Waals surface area (Å²) in [6.07, 6.45) is 8.75. The van der Waals surface area contributed by atoms with Crippen LogP contribution >= 0.6 is 0 Å². The predicted molar refractivity (Wildman–Crippen MR) is 45.5 cm³/mol. The third kappa shape index (κ3) is 2.62. The summed E-state index contributed by atoms with van der Waals surface area (Å²) in [5.41, 5.74) is 2.65. The van der Waals surface area contributed by atoms with Crippen molar-refractivity contribution in [3.8, 4) is 0 Å². The van der Waals surface area contributed by atoms with E-state index in [1.807, 2.05) is 14.0 Å². The minimum atomic E-state index is 0.994. The molecule has 0 aromatic heterocycles. The molecule has 1 nitrogen and oxygen atoms in total. The first-order valence-corrected chi connectivity index (χ1v) is 3.61. The molecule has 0 aliphatic heterocycles. The number of hydrogen-bond donors (Lipinski definition) is 0. The van der Waals surface area contributed by atoms with Crippen LogP contribution in [0.15, 0.2) is 28.8 Å². The highest BCUT2D eigenvalue weighted by Gasteiger charge is 1.99. The molecule has 0 aromatic rings. The molecule has 1 aliphatic carbocycles. The number of allylic oxidation sites excluding steroid dienone is 4. The van der Waals surface area contributed by atoms with E-state index in [4.69, 9.17) is 0 Å². The first-order valence-electron chi connectivity index (χ1n) is 3.61. The number of aliphatic imine (C=N–C) groups is 1. The lowest BCUT2D eigenvalue weighted by Gasteiger charge is -1.88. The first kappa shape index (κ1) is 7.26. The number of nitrogens with zero attached hydrogens (tertiary/aromatic N) is 1. The Balaban J connectivity index is 2.20. The Morgan fingerprint density at radius 2 is 2.50 bits per heavy atom. The minimum absolute atomic E-state index is 0.994. The highest BCUT2D eigenvalue weighted by molar-refractivity contribution is 5.83. The van der Waals surface area contributed by atoms with Crippen molar-refractivity contribution in [2.45, 2.75) is 19.8 Å². The van der Waals surface area contributed by atoms with Crippen LogP contribution in [-0.4, -0.2) is 12.8 Å². The van der Waals surface area contributed by atoms with Gasteiger partial charge < -0.3 is 0 Å². The van der Waals surface area contributed by atoms with Crippen molar-refractivity contribution < 1.29 is 0 Å². The molecule has 1 heteroatoms. The molecular weight excluding hydrogens is 122 g/mol. The zero-order valence-corrected chi connectivity index (χ0v) is 6.59. The van der Waals surface area contributed by atoms with Gasteiger partial charge in [-0.1, -0.05) is 18.2 Å². The zero-order valence-electron chi connectivity index (χ0n) is 6.59. The van der Waals surface area contributed by atoms with Crippen molar-refractivity contribution in [2.24, 2.45) is 4.99 Å². The monoisotopic (exact) mass is 135 g/mol. The second kappa shape index (κ2) is 3.35. The van der Waals surface area contributed by atoms with Crippen LogP contribution in [0.2, 0.25) is 0 Å². The molecule has 0 bridgehead atoms. The summed E-state index contributed by atoms with van der Waals surface area (Å²) in [6, 6.07) is 0. The predicted octanol–water partition coefficient (Wildman–Crippen LogP) is 2.35. The van der Waals surface area contributed by atoms with Gasteiger partial charge in [0.15, 0.2) is 0 Å². The highest BCUT2D eigenvalue weighted by atomic mass is 14.7. The Hall–Kier alpha value is -0.850. The van der Waals surface area contributed by atoms with Crippen LogP contribution in [0.1, 0.15) is 19.8 Å². The van der Waals surface area contributed by atoms with Crippen LogP contribution in [0.3, 0.4) is 0 Å². The van der Waals surface area contributed by atoms with Crippen molar-refractivity contribution >= 4 is 5.71 Å². The summed E-state index contributed by atoms with van der Waals surface area (Å²) >= 11 is 0. The fourth-order valence-electron chi connectivity index (χ4n) is 0.667. The Labute approximate surface area is 62.2 Å². The van der Waals surface area contributed by atoms with Crippen molar-refractivity contribution in [1.82, 2.24) is 0 Å². The summed E-state index contributed by atoms with van der Waals surface area (Å²) in [5.74, 6) is 0. The van der Waals surface area contributed by atoms with E-state index in [0.29, 0.717) is 0 Å². The molecular formula is C9H13N. The maximum absolute atomic E-state index is 4.05. The van der Waals surface area contributed by atoms with Crippen LogP contribution in [0.25, 0.3) is 0 Å². The summed E-state index contributed by atoms with van der Waals surface area (Å²) < 4.78 is 0. The highest BCUT2D eigenvalue weighted by Crippen LogP contribution is 2.19. The molecule has 0 radical (unpaired) electrons. The molecule has 0 fully saturated rings. The van der Waals surface area contributed by atoms with Gasteiger partial charge in [-0.05, 0) is 18.9 Å². The van der Waals surface area contributed by atoms with Crippen molar-refractivity contribution in [2.75, 3.05) is 7.05 Å². The van der Waals surface area contributed by atoms with Crippen LogP contribution in [-0.2, 0) is 0 Å². The fraction of sp³-hybridized carbons (Fsp3) is 0.444. The lowest BCUT2D eigenvalue weighted by molar-refractivity contribution is 1.33. The Morgan fingerprint density at radius 3 is 3.00 bits per heavy atom. The average molecular weight is 135 g/mol. The number of rotatable bonds is 3. The Kier molecular flexibility index (Phi) is 2.43. The first-order chi connectivity index (χ1) is 4.83. The van der Waals surface area contributed by atoms with E-state index < -0.39 is 0 Å². The standard InChI is InChI=1S/C9H13N/c1-8(10-2)4-3-5-9-6-7-9/h3,5-6H,4,7H2,1-2H3/b5-3-,10-8?. The lowest BCUT2D eigenvalue weighted by atomic mass is 10.2.